The summed E-state index contributed by atoms with van der Waals surface area (Å²) in [5.41, 5.74) is 1.25. The second kappa shape index (κ2) is 6.30. The van der Waals surface area contributed by atoms with E-state index in [4.69, 9.17) is 4.74 Å². The van der Waals surface area contributed by atoms with E-state index in [1.165, 1.54) is 18.4 Å². The highest BCUT2D eigenvalue weighted by molar-refractivity contribution is 5.28. The minimum Gasteiger partial charge on any atom is -0.381 e. The lowest BCUT2D eigenvalue weighted by Crippen LogP contribution is -2.38. The Bertz CT molecular complexity index is 383. The summed E-state index contributed by atoms with van der Waals surface area (Å²) in [6, 6.07) is 0.461. The second-order valence-electron chi connectivity index (χ2n) is 5.41. The number of anilines is 1. The van der Waals surface area contributed by atoms with E-state index < -0.39 is 0 Å². The molecule has 1 unspecified atom stereocenters. The van der Waals surface area contributed by atoms with E-state index in [1.54, 1.807) is 0 Å². The number of nitrogens with zero attached hydrogens (tertiary/aromatic N) is 2. The lowest BCUT2D eigenvalue weighted by atomic mass is 9.94. The van der Waals surface area contributed by atoms with Crippen LogP contribution in [0.2, 0.25) is 0 Å². The van der Waals surface area contributed by atoms with E-state index in [1.807, 2.05) is 12.4 Å². The normalized spacial score (nSPS) is 25.2. The summed E-state index contributed by atoms with van der Waals surface area (Å²) in [6.07, 6.45) is 8.53. The van der Waals surface area contributed by atoms with Crippen molar-refractivity contribution >= 4 is 5.95 Å². The van der Waals surface area contributed by atoms with E-state index in [2.05, 4.69) is 20.6 Å². The van der Waals surface area contributed by atoms with Gasteiger partial charge in [0.05, 0.1) is 0 Å². The minimum atomic E-state index is 0.461. The van der Waals surface area contributed by atoms with Gasteiger partial charge in [0, 0.05) is 38.2 Å². The summed E-state index contributed by atoms with van der Waals surface area (Å²) in [7, 11) is 0. The van der Waals surface area contributed by atoms with Crippen LogP contribution in [-0.4, -0.2) is 42.3 Å². The molecule has 0 radical (unpaired) electrons. The summed E-state index contributed by atoms with van der Waals surface area (Å²) in [4.78, 5) is 8.91. The van der Waals surface area contributed by atoms with Crippen molar-refractivity contribution in [3.63, 3.8) is 0 Å². The van der Waals surface area contributed by atoms with Gasteiger partial charge in [-0.3, -0.25) is 0 Å². The van der Waals surface area contributed by atoms with Gasteiger partial charge < -0.3 is 15.4 Å². The first kappa shape index (κ1) is 12.8. The molecular weight excluding hydrogens is 240 g/mol. The van der Waals surface area contributed by atoms with Crippen LogP contribution in [0.4, 0.5) is 5.95 Å². The fourth-order valence-electron chi connectivity index (χ4n) is 2.81. The number of hydrogen-bond donors (Lipinski definition) is 2. The van der Waals surface area contributed by atoms with Crippen LogP contribution in [0.3, 0.4) is 0 Å². The predicted molar refractivity (Wildman–Crippen MR) is 74.3 cm³/mol. The summed E-state index contributed by atoms with van der Waals surface area (Å²) >= 11 is 0. The van der Waals surface area contributed by atoms with Crippen LogP contribution in [0.15, 0.2) is 12.4 Å². The van der Waals surface area contributed by atoms with Gasteiger partial charge in [0.15, 0.2) is 0 Å². The topological polar surface area (TPSA) is 59.1 Å². The van der Waals surface area contributed by atoms with Crippen LogP contribution in [0.5, 0.6) is 0 Å². The van der Waals surface area contributed by atoms with Gasteiger partial charge in [0.1, 0.15) is 0 Å². The third kappa shape index (κ3) is 3.42. The Morgan fingerprint density at radius 3 is 2.63 bits per heavy atom. The molecule has 0 aromatic carbocycles. The molecule has 2 N–H and O–H groups in total. The molecule has 1 aromatic heterocycles. The molecule has 2 fully saturated rings. The van der Waals surface area contributed by atoms with Gasteiger partial charge in [-0.1, -0.05) is 0 Å². The molecule has 5 heteroatoms. The van der Waals surface area contributed by atoms with Crippen molar-refractivity contribution in [2.45, 2.75) is 37.6 Å². The maximum Gasteiger partial charge on any atom is 0.222 e. The maximum atomic E-state index is 5.39. The number of nitrogens with one attached hydrogen (secondary N) is 2. The Hall–Kier alpha value is -1.20. The van der Waals surface area contributed by atoms with E-state index in [0.29, 0.717) is 12.0 Å². The molecule has 0 saturated carbocycles. The van der Waals surface area contributed by atoms with Crippen molar-refractivity contribution < 1.29 is 4.74 Å². The zero-order valence-electron chi connectivity index (χ0n) is 11.3. The summed E-state index contributed by atoms with van der Waals surface area (Å²) in [5.74, 6) is 1.32. The average Bonchev–Trinajstić information content (AvgIpc) is 2.50. The van der Waals surface area contributed by atoms with Crippen LogP contribution in [0.25, 0.3) is 0 Å². The first-order chi connectivity index (χ1) is 9.42. The molecule has 0 bridgehead atoms. The van der Waals surface area contributed by atoms with Gasteiger partial charge in [0.25, 0.3) is 0 Å². The lowest BCUT2D eigenvalue weighted by molar-refractivity contribution is 0.0852. The zero-order valence-corrected chi connectivity index (χ0v) is 11.3. The SMILES string of the molecule is c1nc(NC2CCCNC2)ncc1C1CCOCC1. The van der Waals surface area contributed by atoms with Crippen LogP contribution >= 0.6 is 0 Å². The Morgan fingerprint density at radius 1 is 1.16 bits per heavy atom. The number of hydrogen-bond acceptors (Lipinski definition) is 5. The Labute approximate surface area is 114 Å². The molecule has 104 valence electrons. The summed E-state index contributed by atoms with van der Waals surface area (Å²) in [5, 5.41) is 6.79. The predicted octanol–water partition coefficient (Wildman–Crippen LogP) is 1.53. The molecule has 3 rings (SSSR count). The fourth-order valence-corrected chi connectivity index (χ4v) is 2.81. The van der Waals surface area contributed by atoms with Gasteiger partial charge in [-0.2, -0.15) is 0 Å². The fraction of sp³-hybridized carbons (Fsp3) is 0.714. The number of aromatic nitrogens is 2. The van der Waals surface area contributed by atoms with Crippen molar-refractivity contribution in [2.24, 2.45) is 0 Å². The van der Waals surface area contributed by atoms with Gasteiger partial charge >= 0.3 is 0 Å². The third-order valence-corrected chi connectivity index (χ3v) is 3.99. The molecule has 5 nitrogen and oxygen atoms in total. The summed E-state index contributed by atoms with van der Waals surface area (Å²) < 4.78 is 5.39. The molecule has 0 amide bonds. The zero-order chi connectivity index (χ0) is 12.9. The van der Waals surface area contributed by atoms with Crippen LogP contribution < -0.4 is 10.6 Å². The van der Waals surface area contributed by atoms with Crippen molar-refractivity contribution in [3.8, 4) is 0 Å². The maximum absolute atomic E-state index is 5.39. The van der Waals surface area contributed by atoms with E-state index >= 15 is 0 Å². The number of piperidine rings is 1. The molecule has 0 spiro atoms. The minimum absolute atomic E-state index is 0.461. The molecule has 2 aliphatic rings. The number of rotatable bonds is 3. The van der Waals surface area contributed by atoms with Crippen LogP contribution in [0.1, 0.15) is 37.2 Å². The Morgan fingerprint density at radius 2 is 1.95 bits per heavy atom. The molecule has 2 aliphatic heterocycles. The third-order valence-electron chi connectivity index (χ3n) is 3.99. The Kier molecular flexibility index (Phi) is 4.25. The van der Waals surface area contributed by atoms with Crippen molar-refractivity contribution in [1.29, 1.82) is 0 Å². The van der Waals surface area contributed by atoms with Crippen molar-refractivity contribution in [1.82, 2.24) is 15.3 Å². The van der Waals surface area contributed by atoms with Crippen molar-refractivity contribution in [2.75, 3.05) is 31.6 Å². The van der Waals surface area contributed by atoms with E-state index in [9.17, 15) is 0 Å². The van der Waals surface area contributed by atoms with Gasteiger partial charge in [0.2, 0.25) is 5.95 Å². The lowest BCUT2D eigenvalue weighted by Gasteiger charge is -2.24. The van der Waals surface area contributed by atoms with E-state index in [0.717, 1.165) is 45.1 Å². The van der Waals surface area contributed by atoms with Gasteiger partial charge in [-0.15, -0.1) is 0 Å². The molecule has 3 heterocycles. The smallest absolute Gasteiger partial charge is 0.222 e. The van der Waals surface area contributed by atoms with Crippen LogP contribution in [0, 0.1) is 0 Å². The first-order valence-corrected chi connectivity index (χ1v) is 7.29. The molecule has 0 aliphatic carbocycles. The van der Waals surface area contributed by atoms with E-state index in [-0.39, 0.29) is 0 Å². The standard InChI is InChI=1S/C14H22N4O/c1-2-13(10-15-5-1)18-14-16-8-12(9-17-14)11-3-6-19-7-4-11/h8-9,11,13,15H,1-7,10H2,(H,16,17,18). The first-order valence-electron chi connectivity index (χ1n) is 7.29. The average molecular weight is 262 g/mol. The highest BCUT2D eigenvalue weighted by Crippen LogP contribution is 2.25. The highest BCUT2D eigenvalue weighted by Gasteiger charge is 2.17. The largest absolute Gasteiger partial charge is 0.381 e. The second-order valence-corrected chi connectivity index (χ2v) is 5.41. The summed E-state index contributed by atoms with van der Waals surface area (Å²) in [6.45, 7) is 3.85. The van der Waals surface area contributed by atoms with Gasteiger partial charge in [-0.25, -0.2) is 9.97 Å². The van der Waals surface area contributed by atoms with Crippen molar-refractivity contribution in [3.05, 3.63) is 18.0 Å². The van der Waals surface area contributed by atoms with Crippen LogP contribution in [-0.2, 0) is 4.74 Å². The Balaban J connectivity index is 1.58. The molecule has 1 atom stereocenters. The molecular formula is C14H22N4O. The monoisotopic (exact) mass is 262 g/mol. The van der Waals surface area contributed by atoms with Gasteiger partial charge in [-0.05, 0) is 43.7 Å². The molecule has 19 heavy (non-hydrogen) atoms. The quantitative estimate of drug-likeness (QED) is 0.865. The number of ether oxygens (including phenoxy) is 1. The molecule has 1 aromatic rings. The molecule has 2 saturated heterocycles. The highest BCUT2D eigenvalue weighted by atomic mass is 16.5.